The van der Waals surface area contributed by atoms with E-state index >= 15 is 0 Å². The van der Waals surface area contributed by atoms with Gasteiger partial charge in [0.1, 0.15) is 5.75 Å². The number of aliphatic hydroxyl groups excluding tert-OH is 1. The van der Waals surface area contributed by atoms with E-state index in [1.54, 1.807) is 32.4 Å². The molecule has 0 heterocycles. The van der Waals surface area contributed by atoms with E-state index in [0.717, 1.165) is 11.3 Å². The molecule has 2 amide bonds. The van der Waals surface area contributed by atoms with Gasteiger partial charge in [0.2, 0.25) is 0 Å². The molecule has 3 N–H and O–H groups in total. The second-order valence-electron chi connectivity index (χ2n) is 5.54. The highest BCUT2D eigenvalue weighted by Crippen LogP contribution is 2.29. The molecule has 0 spiro atoms. The summed E-state index contributed by atoms with van der Waals surface area (Å²) in [5.41, 5.74) is 1.57. The number of nitrogens with one attached hydrogen (secondary N) is 2. The van der Waals surface area contributed by atoms with Crippen molar-refractivity contribution in [1.29, 1.82) is 0 Å². The number of methoxy groups -OCH3 is 3. The van der Waals surface area contributed by atoms with Crippen molar-refractivity contribution in [3.05, 3.63) is 53.6 Å². The Morgan fingerprint density at radius 3 is 2.27 bits per heavy atom. The predicted octanol–water partition coefficient (Wildman–Crippen LogP) is 2.25. The van der Waals surface area contributed by atoms with Gasteiger partial charge in [0.05, 0.1) is 27.4 Å². The zero-order chi connectivity index (χ0) is 18.9. The average Bonchev–Trinajstić information content (AvgIpc) is 2.70. The second-order valence-corrected chi connectivity index (χ2v) is 5.54. The van der Waals surface area contributed by atoms with Crippen LogP contribution in [0.3, 0.4) is 0 Å². The lowest BCUT2D eigenvalue weighted by Crippen LogP contribution is -2.37. The fourth-order valence-corrected chi connectivity index (χ4v) is 2.36. The van der Waals surface area contributed by atoms with E-state index in [1.165, 1.54) is 7.11 Å². The molecule has 0 fully saturated rings. The van der Waals surface area contributed by atoms with Crippen molar-refractivity contribution in [1.82, 2.24) is 10.6 Å². The number of urea groups is 1. The van der Waals surface area contributed by atoms with Gasteiger partial charge in [-0.15, -0.1) is 0 Å². The Hall–Kier alpha value is -2.93. The highest BCUT2D eigenvalue weighted by Gasteiger charge is 2.13. The first-order chi connectivity index (χ1) is 12.6. The second kappa shape index (κ2) is 9.53. The number of aliphatic hydroxyl groups is 1. The Labute approximate surface area is 152 Å². The third kappa shape index (κ3) is 5.29. The molecule has 0 radical (unpaired) electrons. The minimum Gasteiger partial charge on any atom is -0.497 e. The largest absolute Gasteiger partial charge is 0.497 e. The molecule has 0 bridgehead atoms. The van der Waals surface area contributed by atoms with Crippen LogP contribution in [-0.4, -0.2) is 39.0 Å². The Kier molecular flexibility index (Phi) is 7.11. The first kappa shape index (κ1) is 19.4. The van der Waals surface area contributed by atoms with Crippen molar-refractivity contribution < 1.29 is 24.1 Å². The van der Waals surface area contributed by atoms with Crippen molar-refractivity contribution >= 4 is 6.03 Å². The first-order valence-electron chi connectivity index (χ1n) is 8.12. The maximum Gasteiger partial charge on any atom is 0.315 e. The van der Waals surface area contributed by atoms with Crippen LogP contribution in [0.1, 0.15) is 17.2 Å². The summed E-state index contributed by atoms with van der Waals surface area (Å²) in [6, 6.07) is 12.2. The van der Waals surface area contributed by atoms with Gasteiger partial charge in [-0.2, -0.15) is 0 Å². The zero-order valence-corrected chi connectivity index (χ0v) is 15.1. The minimum absolute atomic E-state index is 0.0733. The molecular formula is C19H24N2O5. The maximum atomic E-state index is 11.9. The Balaban J connectivity index is 1.82. The average molecular weight is 360 g/mol. The molecule has 0 saturated heterocycles. The SMILES string of the molecule is COc1ccc(CNC(=O)NCC(O)c2ccc(OC)c(OC)c2)cc1. The fourth-order valence-electron chi connectivity index (χ4n) is 2.36. The summed E-state index contributed by atoms with van der Waals surface area (Å²) in [6.07, 6.45) is -0.860. The third-order valence-electron chi connectivity index (χ3n) is 3.86. The highest BCUT2D eigenvalue weighted by molar-refractivity contribution is 5.73. The van der Waals surface area contributed by atoms with Gasteiger partial charge in [-0.05, 0) is 35.4 Å². The number of hydrogen-bond donors (Lipinski definition) is 3. The first-order valence-corrected chi connectivity index (χ1v) is 8.12. The van der Waals surface area contributed by atoms with Crippen molar-refractivity contribution in [2.24, 2.45) is 0 Å². The third-order valence-corrected chi connectivity index (χ3v) is 3.86. The van der Waals surface area contributed by atoms with Crippen LogP contribution in [0.2, 0.25) is 0 Å². The van der Waals surface area contributed by atoms with Crippen molar-refractivity contribution in [3.8, 4) is 17.2 Å². The Morgan fingerprint density at radius 1 is 0.962 bits per heavy atom. The topological polar surface area (TPSA) is 89.1 Å². The molecule has 0 aromatic heterocycles. The maximum absolute atomic E-state index is 11.9. The van der Waals surface area contributed by atoms with Gasteiger partial charge in [-0.3, -0.25) is 0 Å². The van der Waals surface area contributed by atoms with E-state index in [2.05, 4.69) is 10.6 Å². The van der Waals surface area contributed by atoms with Gasteiger partial charge in [-0.1, -0.05) is 18.2 Å². The van der Waals surface area contributed by atoms with Crippen molar-refractivity contribution in [2.75, 3.05) is 27.9 Å². The summed E-state index contributed by atoms with van der Waals surface area (Å²) in [7, 11) is 4.67. The molecule has 26 heavy (non-hydrogen) atoms. The number of amides is 2. The smallest absolute Gasteiger partial charge is 0.315 e. The van der Waals surface area contributed by atoms with Gasteiger partial charge in [-0.25, -0.2) is 4.79 Å². The fraction of sp³-hybridized carbons (Fsp3) is 0.316. The summed E-state index contributed by atoms with van der Waals surface area (Å²) >= 11 is 0. The summed E-state index contributed by atoms with van der Waals surface area (Å²) in [4.78, 5) is 11.9. The molecule has 1 atom stereocenters. The van der Waals surface area contributed by atoms with Crippen LogP contribution in [0.5, 0.6) is 17.2 Å². The lowest BCUT2D eigenvalue weighted by Gasteiger charge is -2.15. The van der Waals surface area contributed by atoms with Crippen molar-refractivity contribution in [3.63, 3.8) is 0 Å². The van der Waals surface area contributed by atoms with E-state index in [4.69, 9.17) is 14.2 Å². The van der Waals surface area contributed by atoms with Crippen molar-refractivity contribution in [2.45, 2.75) is 12.6 Å². The number of rotatable bonds is 8. The minimum atomic E-state index is -0.860. The van der Waals surface area contributed by atoms with E-state index in [-0.39, 0.29) is 12.6 Å². The molecule has 7 nitrogen and oxygen atoms in total. The number of hydrogen-bond acceptors (Lipinski definition) is 5. The zero-order valence-electron chi connectivity index (χ0n) is 15.1. The van der Waals surface area contributed by atoms with Crippen LogP contribution in [0, 0.1) is 0 Å². The normalized spacial score (nSPS) is 11.4. The molecule has 2 rings (SSSR count). The van der Waals surface area contributed by atoms with Crippen LogP contribution >= 0.6 is 0 Å². The van der Waals surface area contributed by atoms with Gasteiger partial charge in [0.15, 0.2) is 11.5 Å². The highest BCUT2D eigenvalue weighted by atomic mass is 16.5. The Bertz CT molecular complexity index is 718. The van der Waals surface area contributed by atoms with Crippen LogP contribution in [-0.2, 0) is 6.54 Å². The van der Waals surface area contributed by atoms with Gasteiger partial charge in [0, 0.05) is 13.1 Å². The molecule has 2 aromatic rings. The molecule has 1 unspecified atom stereocenters. The molecule has 7 heteroatoms. The number of ether oxygens (including phenoxy) is 3. The van der Waals surface area contributed by atoms with E-state index in [0.29, 0.717) is 23.6 Å². The van der Waals surface area contributed by atoms with Crippen LogP contribution < -0.4 is 24.8 Å². The Morgan fingerprint density at radius 2 is 1.65 bits per heavy atom. The summed E-state index contributed by atoms with van der Waals surface area (Å²) < 4.78 is 15.5. The number of carbonyl (C=O) groups excluding carboxylic acids is 1. The summed E-state index contributed by atoms with van der Waals surface area (Å²) in [5.74, 6) is 1.86. The van der Waals surface area contributed by atoms with Crippen LogP contribution in [0.15, 0.2) is 42.5 Å². The number of carbonyl (C=O) groups is 1. The molecule has 2 aromatic carbocycles. The molecule has 0 aliphatic carbocycles. The predicted molar refractivity (Wildman–Crippen MR) is 97.7 cm³/mol. The van der Waals surface area contributed by atoms with Gasteiger partial charge < -0.3 is 30.0 Å². The summed E-state index contributed by atoms with van der Waals surface area (Å²) in [6.45, 7) is 0.451. The summed E-state index contributed by atoms with van der Waals surface area (Å²) in [5, 5.41) is 15.6. The van der Waals surface area contributed by atoms with E-state index < -0.39 is 6.10 Å². The lowest BCUT2D eigenvalue weighted by molar-refractivity contribution is 0.172. The quantitative estimate of drug-likeness (QED) is 0.672. The van der Waals surface area contributed by atoms with Gasteiger partial charge in [0.25, 0.3) is 0 Å². The standard InChI is InChI=1S/C19H24N2O5/c1-24-15-7-4-13(5-8-15)11-20-19(23)21-12-16(22)14-6-9-17(25-2)18(10-14)26-3/h4-10,16,22H,11-12H2,1-3H3,(H2,20,21,23). The van der Waals surface area contributed by atoms with Crippen LogP contribution in [0.4, 0.5) is 4.79 Å². The van der Waals surface area contributed by atoms with E-state index in [1.807, 2.05) is 24.3 Å². The molecule has 0 saturated carbocycles. The molecule has 0 aliphatic rings. The molecule has 0 aliphatic heterocycles. The molecule has 140 valence electrons. The van der Waals surface area contributed by atoms with Crippen LogP contribution in [0.25, 0.3) is 0 Å². The van der Waals surface area contributed by atoms with E-state index in [9.17, 15) is 9.90 Å². The molecular weight excluding hydrogens is 336 g/mol. The monoisotopic (exact) mass is 360 g/mol. The number of benzene rings is 2. The van der Waals surface area contributed by atoms with Gasteiger partial charge >= 0.3 is 6.03 Å². The lowest BCUT2D eigenvalue weighted by atomic mass is 10.1.